The number of anilines is 1. The number of nitrogens with two attached hydrogens (primary N) is 1. The second-order valence-corrected chi connectivity index (χ2v) is 7.61. The highest BCUT2D eigenvalue weighted by molar-refractivity contribution is 5.93. The van der Waals surface area contributed by atoms with E-state index in [1.165, 1.54) is 4.90 Å². The van der Waals surface area contributed by atoms with E-state index in [0.717, 1.165) is 45.0 Å². The lowest BCUT2D eigenvalue weighted by Crippen LogP contribution is -3.14. The summed E-state index contributed by atoms with van der Waals surface area (Å²) >= 11 is 0. The van der Waals surface area contributed by atoms with Crippen LogP contribution in [0.15, 0.2) is 54.6 Å². The molecule has 1 fully saturated rings. The van der Waals surface area contributed by atoms with Crippen LogP contribution in [0.5, 0.6) is 11.5 Å². The predicted octanol–water partition coefficient (Wildman–Crippen LogP) is -1.21. The molecule has 8 heteroatoms. The maximum absolute atomic E-state index is 12.3. The Labute approximate surface area is 182 Å². The summed E-state index contributed by atoms with van der Waals surface area (Å²) in [6.45, 7) is 5.15. The van der Waals surface area contributed by atoms with Gasteiger partial charge in [0.05, 0.1) is 38.7 Å². The van der Waals surface area contributed by atoms with E-state index in [0.29, 0.717) is 18.0 Å². The van der Waals surface area contributed by atoms with Gasteiger partial charge in [0.25, 0.3) is 0 Å². The molecule has 1 aliphatic rings. The highest BCUT2D eigenvalue weighted by atomic mass is 16.5. The number of amides is 1. The number of para-hydroxylation sites is 1. The maximum Gasteiger partial charge on any atom is 0.230 e. The minimum Gasteiger partial charge on any atom is -0.544 e. The van der Waals surface area contributed by atoms with Crippen molar-refractivity contribution in [1.82, 2.24) is 0 Å². The van der Waals surface area contributed by atoms with E-state index in [4.69, 9.17) is 9.47 Å². The quantitative estimate of drug-likeness (QED) is 0.390. The Kier molecular flexibility index (Phi) is 8.84. The van der Waals surface area contributed by atoms with Crippen molar-refractivity contribution in [2.24, 2.45) is 0 Å². The maximum atomic E-state index is 12.3. The summed E-state index contributed by atoms with van der Waals surface area (Å²) in [5.41, 5.74) is 0.582. The van der Waals surface area contributed by atoms with Crippen LogP contribution in [-0.4, -0.2) is 57.3 Å². The summed E-state index contributed by atoms with van der Waals surface area (Å²) in [6, 6.07) is 15.4. The number of rotatable bonds is 11. The second kappa shape index (κ2) is 12.0. The lowest BCUT2D eigenvalue weighted by atomic mass is 10.2. The number of carbonyl (C=O) groups excluding carboxylic acids is 2. The first-order valence-electron chi connectivity index (χ1n) is 10.7. The minimum atomic E-state index is -1.22. The van der Waals surface area contributed by atoms with Crippen molar-refractivity contribution in [3.63, 3.8) is 0 Å². The smallest absolute Gasteiger partial charge is 0.230 e. The molecule has 2 aromatic carbocycles. The van der Waals surface area contributed by atoms with E-state index in [-0.39, 0.29) is 12.3 Å². The van der Waals surface area contributed by atoms with Gasteiger partial charge in [0, 0.05) is 12.1 Å². The summed E-state index contributed by atoms with van der Waals surface area (Å²) in [5, 5.41) is 15.9. The molecule has 3 rings (SSSR count). The second-order valence-electron chi connectivity index (χ2n) is 7.61. The first kappa shape index (κ1) is 22.7. The third-order valence-corrected chi connectivity index (χ3v) is 5.21. The zero-order chi connectivity index (χ0) is 21.9. The standard InChI is InChI=1S/C23H29N3O5/c27-22(17-21(23(28)29)24-11-4-12-26-13-15-30-16-14-26)25-18-7-9-20(10-8-18)31-19-5-2-1-3-6-19/h1-3,5-10,21,24H,4,11-17H2,(H,25,27)(H,28,29)/p+1/t21-/m1/s1. The van der Waals surface area contributed by atoms with Gasteiger partial charge >= 0.3 is 0 Å². The fraction of sp³-hybridized carbons (Fsp3) is 0.391. The van der Waals surface area contributed by atoms with E-state index >= 15 is 0 Å². The molecule has 1 atom stereocenters. The van der Waals surface area contributed by atoms with Gasteiger partial charge in [-0.05, 0) is 36.4 Å². The average molecular weight is 429 g/mol. The van der Waals surface area contributed by atoms with E-state index < -0.39 is 12.0 Å². The number of nitrogens with one attached hydrogen (secondary N) is 2. The van der Waals surface area contributed by atoms with Crippen LogP contribution >= 0.6 is 0 Å². The Bertz CT molecular complexity index is 823. The third kappa shape index (κ3) is 8.01. The Morgan fingerprint density at radius 2 is 1.74 bits per heavy atom. The molecule has 31 heavy (non-hydrogen) atoms. The molecular weight excluding hydrogens is 398 g/mol. The molecule has 8 nitrogen and oxygen atoms in total. The predicted molar refractivity (Wildman–Crippen MR) is 113 cm³/mol. The van der Waals surface area contributed by atoms with Gasteiger partial charge in [-0.1, -0.05) is 18.2 Å². The van der Waals surface area contributed by atoms with Crippen molar-refractivity contribution in [1.29, 1.82) is 0 Å². The summed E-state index contributed by atoms with van der Waals surface area (Å²) in [5.74, 6) is -0.212. The van der Waals surface area contributed by atoms with Crippen LogP contribution in [0.4, 0.5) is 5.69 Å². The molecule has 1 saturated heterocycles. The highest BCUT2D eigenvalue weighted by Crippen LogP contribution is 2.22. The number of quaternary nitrogens is 2. The van der Waals surface area contributed by atoms with E-state index in [1.807, 2.05) is 30.3 Å². The summed E-state index contributed by atoms with van der Waals surface area (Å²) < 4.78 is 11.1. The molecule has 1 aliphatic heterocycles. The van der Waals surface area contributed by atoms with Crippen molar-refractivity contribution >= 4 is 17.6 Å². The van der Waals surface area contributed by atoms with Crippen molar-refractivity contribution in [3.05, 3.63) is 54.6 Å². The highest BCUT2D eigenvalue weighted by Gasteiger charge is 2.19. The molecule has 0 bridgehead atoms. The molecule has 1 heterocycles. The van der Waals surface area contributed by atoms with Crippen LogP contribution in [0.2, 0.25) is 0 Å². The summed E-state index contributed by atoms with van der Waals surface area (Å²) in [6.07, 6.45) is 0.735. The number of carbonyl (C=O) groups is 2. The van der Waals surface area contributed by atoms with E-state index in [2.05, 4.69) is 5.32 Å². The van der Waals surface area contributed by atoms with Gasteiger partial charge in [0.15, 0.2) is 0 Å². The van der Waals surface area contributed by atoms with Crippen LogP contribution in [0, 0.1) is 0 Å². The van der Waals surface area contributed by atoms with Gasteiger partial charge in [-0.3, -0.25) is 4.79 Å². The lowest BCUT2D eigenvalue weighted by Gasteiger charge is -2.23. The normalized spacial score (nSPS) is 15.2. The van der Waals surface area contributed by atoms with Crippen LogP contribution in [0.25, 0.3) is 0 Å². The van der Waals surface area contributed by atoms with Crippen LogP contribution in [0.3, 0.4) is 0 Å². The molecule has 1 amide bonds. The third-order valence-electron chi connectivity index (χ3n) is 5.21. The molecule has 0 unspecified atom stereocenters. The number of benzene rings is 2. The number of carboxylic acid groups (broad SMARTS) is 1. The molecule has 0 saturated carbocycles. The van der Waals surface area contributed by atoms with E-state index in [1.54, 1.807) is 29.6 Å². The summed E-state index contributed by atoms with van der Waals surface area (Å²) in [7, 11) is 0. The molecule has 0 aromatic heterocycles. The molecule has 2 aromatic rings. The molecule has 166 valence electrons. The van der Waals surface area contributed by atoms with E-state index in [9.17, 15) is 14.7 Å². The summed E-state index contributed by atoms with van der Waals surface area (Å²) in [4.78, 5) is 25.2. The van der Waals surface area contributed by atoms with Gasteiger partial charge in [-0.2, -0.15) is 0 Å². The van der Waals surface area contributed by atoms with Crippen LogP contribution in [-0.2, 0) is 14.3 Å². The van der Waals surface area contributed by atoms with Crippen molar-refractivity contribution in [2.45, 2.75) is 18.9 Å². The van der Waals surface area contributed by atoms with Crippen LogP contribution in [0.1, 0.15) is 12.8 Å². The Balaban J connectivity index is 1.41. The molecule has 0 radical (unpaired) electrons. The van der Waals surface area contributed by atoms with Gasteiger partial charge < -0.3 is 34.9 Å². The van der Waals surface area contributed by atoms with Gasteiger partial charge in [-0.25, -0.2) is 0 Å². The van der Waals surface area contributed by atoms with Crippen molar-refractivity contribution in [2.75, 3.05) is 44.7 Å². The lowest BCUT2D eigenvalue weighted by molar-refractivity contribution is -0.909. The number of hydrogen-bond acceptors (Lipinski definition) is 5. The van der Waals surface area contributed by atoms with Crippen molar-refractivity contribution in [3.8, 4) is 11.5 Å². The topological polar surface area (TPSA) is 109 Å². The Morgan fingerprint density at radius 1 is 1.06 bits per heavy atom. The first-order chi connectivity index (χ1) is 15.1. The number of ether oxygens (including phenoxy) is 2. The molecule has 4 N–H and O–H groups in total. The monoisotopic (exact) mass is 428 g/mol. The molecular formula is C23H30N3O5+. The fourth-order valence-corrected chi connectivity index (χ4v) is 3.49. The largest absolute Gasteiger partial charge is 0.544 e. The number of morpholine rings is 1. The Morgan fingerprint density at radius 3 is 2.42 bits per heavy atom. The van der Waals surface area contributed by atoms with Gasteiger partial charge in [0.2, 0.25) is 5.91 Å². The Hall–Kier alpha value is -2.94. The fourth-order valence-electron chi connectivity index (χ4n) is 3.49. The number of aliphatic carboxylic acids is 1. The number of hydrogen-bond donors (Lipinski definition) is 3. The number of carboxylic acids is 1. The minimum absolute atomic E-state index is 0.144. The SMILES string of the molecule is O=C(C[C@@H]([NH2+]CCC[NH+]1CCOCC1)C(=O)[O-])Nc1ccc(Oc2ccccc2)cc1. The van der Waals surface area contributed by atoms with Gasteiger partial charge in [0.1, 0.15) is 30.6 Å². The zero-order valence-electron chi connectivity index (χ0n) is 17.5. The average Bonchev–Trinajstić information content (AvgIpc) is 2.78. The molecule has 0 spiro atoms. The van der Waals surface area contributed by atoms with Crippen molar-refractivity contribution < 1.29 is 34.4 Å². The zero-order valence-corrected chi connectivity index (χ0v) is 17.5. The first-order valence-corrected chi connectivity index (χ1v) is 10.7. The van der Waals surface area contributed by atoms with Gasteiger partial charge in [-0.15, -0.1) is 0 Å². The van der Waals surface area contributed by atoms with Crippen LogP contribution < -0.4 is 25.4 Å². The molecule has 0 aliphatic carbocycles.